The average molecular weight is 270 g/mol. The number of hydrogen-bond donors (Lipinski definition) is 1. The van der Waals surface area contributed by atoms with Crippen LogP contribution in [-0.2, 0) is 4.74 Å². The van der Waals surface area contributed by atoms with E-state index in [2.05, 4.69) is 12.2 Å². The van der Waals surface area contributed by atoms with E-state index in [4.69, 9.17) is 16.3 Å². The first kappa shape index (κ1) is 14.8. The van der Waals surface area contributed by atoms with E-state index in [-0.39, 0.29) is 19.6 Å². The second-order valence-electron chi connectivity index (χ2n) is 4.44. The molecule has 0 bridgehead atoms. The van der Waals surface area contributed by atoms with E-state index in [0.717, 1.165) is 17.9 Å². The molecule has 0 aliphatic carbocycles. The van der Waals surface area contributed by atoms with Gasteiger partial charge in [-0.05, 0) is 36.5 Å². The molecule has 1 N–H and O–H groups in total. The highest BCUT2D eigenvalue weighted by molar-refractivity contribution is 6.30. The first-order valence-corrected chi connectivity index (χ1v) is 6.23. The summed E-state index contributed by atoms with van der Waals surface area (Å²) < 4.78 is 5.10. The minimum Gasteiger partial charge on any atom is -0.444 e. The molecule has 1 aromatic rings. The summed E-state index contributed by atoms with van der Waals surface area (Å²) >= 11 is 5.85. The Morgan fingerprint density at radius 3 is 2.67 bits per heavy atom. The molecule has 100 valence electrons. The van der Waals surface area contributed by atoms with Gasteiger partial charge in [0.1, 0.15) is 6.10 Å². The van der Waals surface area contributed by atoms with Gasteiger partial charge in [0.05, 0.1) is 6.54 Å². The summed E-state index contributed by atoms with van der Waals surface area (Å²) in [6.45, 7) is 2.81. The van der Waals surface area contributed by atoms with Crippen LogP contribution in [0.5, 0.6) is 0 Å². The van der Waals surface area contributed by atoms with E-state index in [1.165, 1.54) is 5.56 Å². The van der Waals surface area contributed by atoms with Gasteiger partial charge in [-0.2, -0.15) is 0 Å². The molecule has 1 aliphatic heterocycles. The van der Waals surface area contributed by atoms with Crippen LogP contribution < -0.4 is 5.32 Å². The Bertz CT molecular complexity index is 391. The van der Waals surface area contributed by atoms with Gasteiger partial charge in [-0.1, -0.05) is 38.1 Å². The van der Waals surface area contributed by atoms with Crippen molar-refractivity contribution in [1.29, 1.82) is 0 Å². The lowest BCUT2D eigenvalue weighted by Crippen LogP contribution is -2.15. The van der Waals surface area contributed by atoms with Crippen molar-refractivity contribution in [2.75, 3.05) is 6.54 Å². The number of nitrogens with one attached hydrogen (secondary N) is 1. The minimum atomic E-state index is -0.297. The van der Waals surface area contributed by atoms with Crippen LogP contribution in [0.3, 0.4) is 0 Å². The molecule has 1 aromatic carbocycles. The Kier molecular flexibility index (Phi) is 5.48. The molecule has 1 amide bonds. The number of carbonyl (C=O) groups is 1. The average Bonchev–Trinajstić information content (AvgIpc) is 2.73. The quantitative estimate of drug-likeness (QED) is 0.898. The lowest BCUT2D eigenvalue weighted by atomic mass is 9.95. The monoisotopic (exact) mass is 269 g/mol. The second-order valence-corrected chi connectivity index (χ2v) is 4.87. The molecule has 4 heteroatoms. The van der Waals surface area contributed by atoms with Crippen LogP contribution >= 0.6 is 11.6 Å². The maximum absolute atomic E-state index is 10.9. The Labute approximate surface area is 113 Å². The first-order chi connectivity index (χ1) is 8.15. The largest absolute Gasteiger partial charge is 0.444 e. The number of hydrogen-bond acceptors (Lipinski definition) is 2. The topological polar surface area (TPSA) is 38.3 Å². The number of halogens is 1. The molecule has 0 saturated carbocycles. The number of benzene rings is 1. The standard InChI is InChI=1S/C13H16ClNO2.CH4/c1-9(10-3-5-11(14)6-4-10)2-7-12-8-15-13(16)17-12;/h3-6,9,12H,2,7-8H2,1H3,(H,15,16);1H4/t9-,12-;/m1./s1. The summed E-state index contributed by atoms with van der Waals surface area (Å²) in [6, 6.07) is 7.91. The Balaban J connectivity index is 0.00000162. The van der Waals surface area contributed by atoms with Gasteiger partial charge in [0.25, 0.3) is 0 Å². The summed E-state index contributed by atoms with van der Waals surface area (Å²) in [7, 11) is 0. The van der Waals surface area contributed by atoms with E-state index in [1.807, 2.05) is 24.3 Å². The highest BCUT2D eigenvalue weighted by atomic mass is 35.5. The molecule has 1 saturated heterocycles. The van der Waals surface area contributed by atoms with Gasteiger partial charge in [0, 0.05) is 5.02 Å². The fourth-order valence-electron chi connectivity index (χ4n) is 1.99. The zero-order valence-corrected chi connectivity index (χ0v) is 10.5. The number of ether oxygens (including phenoxy) is 1. The van der Waals surface area contributed by atoms with Crippen LogP contribution in [0.1, 0.15) is 38.7 Å². The van der Waals surface area contributed by atoms with E-state index >= 15 is 0 Å². The molecule has 2 rings (SSSR count). The van der Waals surface area contributed by atoms with Crippen molar-refractivity contribution in [3.8, 4) is 0 Å². The van der Waals surface area contributed by atoms with Gasteiger partial charge in [-0.15, -0.1) is 0 Å². The third kappa shape index (κ3) is 3.91. The predicted octanol–water partition coefficient (Wildman–Crippen LogP) is 3.97. The molecular formula is C14H20ClNO2. The fourth-order valence-corrected chi connectivity index (χ4v) is 2.11. The fraction of sp³-hybridized carbons (Fsp3) is 0.500. The summed E-state index contributed by atoms with van der Waals surface area (Å²) in [6.07, 6.45) is 1.62. The number of amides is 1. The summed E-state index contributed by atoms with van der Waals surface area (Å²) in [5, 5.41) is 3.42. The van der Waals surface area contributed by atoms with Crippen molar-refractivity contribution in [2.45, 2.75) is 39.2 Å². The van der Waals surface area contributed by atoms with E-state index in [1.54, 1.807) is 0 Å². The van der Waals surface area contributed by atoms with Crippen LogP contribution in [-0.4, -0.2) is 18.7 Å². The molecule has 1 heterocycles. The normalized spacial score (nSPS) is 19.7. The zero-order chi connectivity index (χ0) is 12.3. The lowest BCUT2D eigenvalue weighted by Gasteiger charge is -2.14. The summed E-state index contributed by atoms with van der Waals surface area (Å²) in [5.41, 5.74) is 1.27. The number of carbonyl (C=O) groups excluding carboxylic acids is 1. The van der Waals surface area contributed by atoms with Gasteiger partial charge in [0.2, 0.25) is 0 Å². The molecule has 0 spiro atoms. The van der Waals surface area contributed by atoms with Crippen molar-refractivity contribution < 1.29 is 9.53 Å². The highest BCUT2D eigenvalue weighted by Crippen LogP contribution is 2.24. The molecule has 0 radical (unpaired) electrons. The molecule has 1 fully saturated rings. The molecular weight excluding hydrogens is 250 g/mol. The predicted molar refractivity (Wildman–Crippen MR) is 74.1 cm³/mol. The lowest BCUT2D eigenvalue weighted by molar-refractivity contribution is 0.133. The van der Waals surface area contributed by atoms with Gasteiger partial charge >= 0.3 is 6.09 Å². The van der Waals surface area contributed by atoms with Gasteiger partial charge < -0.3 is 10.1 Å². The zero-order valence-electron chi connectivity index (χ0n) is 9.78. The Morgan fingerprint density at radius 1 is 1.44 bits per heavy atom. The summed E-state index contributed by atoms with van der Waals surface area (Å²) in [4.78, 5) is 10.9. The van der Waals surface area contributed by atoms with Gasteiger partial charge in [-0.3, -0.25) is 0 Å². The molecule has 3 nitrogen and oxygen atoms in total. The number of rotatable bonds is 4. The van der Waals surface area contributed by atoms with Crippen LogP contribution in [0.4, 0.5) is 4.79 Å². The third-order valence-electron chi connectivity index (χ3n) is 3.11. The Hall–Kier alpha value is -1.22. The molecule has 1 aliphatic rings. The first-order valence-electron chi connectivity index (χ1n) is 5.85. The van der Waals surface area contributed by atoms with Crippen LogP contribution in [0.25, 0.3) is 0 Å². The van der Waals surface area contributed by atoms with Crippen LogP contribution in [0, 0.1) is 0 Å². The summed E-state index contributed by atoms with van der Waals surface area (Å²) in [5.74, 6) is 0.451. The van der Waals surface area contributed by atoms with Crippen LogP contribution in [0.15, 0.2) is 24.3 Å². The maximum Gasteiger partial charge on any atom is 0.407 e. The highest BCUT2D eigenvalue weighted by Gasteiger charge is 2.22. The number of alkyl carbamates (subject to hydrolysis) is 1. The van der Waals surface area contributed by atoms with E-state index in [0.29, 0.717) is 12.5 Å². The van der Waals surface area contributed by atoms with Gasteiger partial charge in [-0.25, -0.2) is 4.79 Å². The molecule has 18 heavy (non-hydrogen) atoms. The van der Waals surface area contributed by atoms with Crippen molar-refractivity contribution in [3.05, 3.63) is 34.9 Å². The number of cyclic esters (lactones) is 1. The SMILES string of the molecule is C.C[C@H](CC[C@@H]1CNC(=O)O1)c1ccc(Cl)cc1. The van der Waals surface area contributed by atoms with E-state index < -0.39 is 0 Å². The minimum absolute atomic E-state index is 0. The Morgan fingerprint density at radius 2 is 2.11 bits per heavy atom. The third-order valence-corrected chi connectivity index (χ3v) is 3.36. The molecule has 0 aromatic heterocycles. The van der Waals surface area contributed by atoms with Crippen molar-refractivity contribution in [3.63, 3.8) is 0 Å². The van der Waals surface area contributed by atoms with Crippen LogP contribution in [0.2, 0.25) is 5.02 Å². The molecule has 0 unspecified atom stereocenters. The van der Waals surface area contributed by atoms with Crippen molar-refractivity contribution in [1.82, 2.24) is 5.32 Å². The van der Waals surface area contributed by atoms with E-state index in [9.17, 15) is 4.79 Å². The van der Waals surface area contributed by atoms with Crippen molar-refractivity contribution >= 4 is 17.7 Å². The molecule has 2 atom stereocenters. The second kappa shape index (κ2) is 6.64. The van der Waals surface area contributed by atoms with Gasteiger partial charge in [0.15, 0.2) is 0 Å². The maximum atomic E-state index is 10.9. The smallest absolute Gasteiger partial charge is 0.407 e. The van der Waals surface area contributed by atoms with Crippen molar-refractivity contribution in [2.24, 2.45) is 0 Å².